The van der Waals surface area contributed by atoms with E-state index in [2.05, 4.69) is 50.1 Å². The van der Waals surface area contributed by atoms with Gasteiger partial charge in [-0.15, -0.1) is 0 Å². The third-order valence-corrected chi connectivity index (χ3v) is 28.7. The fraction of sp³-hybridized carbons (Fsp3) is 0.392. The third kappa shape index (κ3) is 18.1. The first-order chi connectivity index (χ1) is 68.1. The van der Waals surface area contributed by atoms with Gasteiger partial charge in [0, 0.05) is 175 Å². The summed E-state index contributed by atoms with van der Waals surface area (Å²) in [7, 11) is 0. The molecule has 33 nitrogen and oxygen atoms in total. The standard InChI is InChI=1S/C36H40ClFN10O2.C35H37ClFN9O2.C31H29ClFN7O3/c1-4-27(49)46-17-20(3)47(18-19(46)2)33-23-16-24(37)31(28-25(38)6-5-7-26(28)39)41-34(23)48(36(50)44-33)32-29(21-8-9-21)42-35(43-30(32)22-10-11-22)45-14-12-40-13-15-45;1-3-27(47)44-16-17-45(20(2)19-44)32-24-18-25(36)30(23-6-4-5-7-26(23)37)39-33(24)46(35(48)42-32)31-28(21-8-9-21)40-34(41-29(31)22-10-11-22)43-14-12-38-13-15-43;1-6-23(41)38-11-12-39(17(4)14-38)28-20-13-21(32)26(19-9-7-8-10-22(19)33)35-29(20)40(31(42)37-28)27-18(5)25-30(43-15-34-25)36-24(27)16(2)3/h4-7,16,19-22,40H,1,8-15,17-18,39H2,2-3H3;3-7,18,20-22,38H,1,8-17,19H2,2H3;6-10,13,15-17H,1,11-12,14H2,2-5H3/t19-,20+;20-;17-/m100/s1. The molecule has 4 N–H and O–H groups in total. The monoisotopic (exact) mass is 1970 g/mol. The van der Waals surface area contributed by atoms with Crippen LogP contribution in [0.25, 0.3) is 95.2 Å². The summed E-state index contributed by atoms with van der Waals surface area (Å²) < 4.78 is 55.7. The molecule has 0 spiro atoms. The number of aromatic nitrogens is 15. The van der Waals surface area contributed by atoms with Crippen LogP contribution in [0.3, 0.4) is 0 Å². The molecule has 9 fully saturated rings. The topological polar surface area (TPSA) is 361 Å². The fourth-order valence-electron chi connectivity index (χ4n) is 20.0. The highest BCUT2D eigenvalue weighted by Gasteiger charge is 2.44. The van der Waals surface area contributed by atoms with E-state index in [1.165, 1.54) is 58.0 Å². The van der Waals surface area contributed by atoms with Crippen LogP contribution < -0.4 is 57.9 Å². The summed E-state index contributed by atoms with van der Waals surface area (Å²) in [5.41, 5.74) is 13.9. The highest BCUT2D eigenvalue weighted by molar-refractivity contribution is 6.35. The summed E-state index contributed by atoms with van der Waals surface area (Å²) in [5, 5.41) is 8.97. The number of carbonyl (C=O) groups excluding carboxylic acids is 3. The lowest BCUT2D eigenvalue weighted by Crippen LogP contribution is -2.58. The number of nitrogen functional groups attached to an aromatic ring is 1. The maximum Gasteiger partial charge on any atom is 0.355 e. The van der Waals surface area contributed by atoms with Crippen LogP contribution in [0.4, 0.5) is 48.2 Å². The molecular weight excluding hydrogens is 1860 g/mol. The van der Waals surface area contributed by atoms with Crippen LogP contribution in [0, 0.1) is 24.4 Å². The molecule has 0 radical (unpaired) electrons. The molecule has 0 bridgehead atoms. The summed E-state index contributed by atoms with van der Waals surface area (Å²) in [4.78, 5) is 155. The Labute approximate surface area is 824 Å². The highest BCUT2D eigenvalue weighted by Crippen LogP contribution is 2.52. The van der Waals surface area contributed by atoms with E-state index in [1.54, 1.807) is 79.9 Å². The van der Waals surface area contributed by atoms with Crippen LogP contribution >= 0.6 is 34.8 Å². The van der Waals surface area contributed by atoms with Gasteiger partial charge < -0.3 is 60.0 Å². The molecule has 10 aromatic heterocycles. The van der Waals surface area contributed by atoms with Gasteiger partial charge in [0.1, 0.15) is 40.4 Å². The van der Waals surface area contributed by atoms with E-state index in [-0.39, 0.29) is 137 Å². The number of pyridine rings is 4. The van der Waals surface area contributed by atoms with E-state index in [1.807, 2.05) is 63.2 Å². The number of hydrogen-bond acceptors (Lipinski definition) is 27. The van der Waals surface area contributed by atoms with E-state index in [9.17, 15) is 28.8 Å². The number of halogens is 6. The van der Waals surface area contributed by atoms with Gasteiger partial charge in [-0.2, -0.15) is 15.0 Å². The molecule has 9 aliphatic rings. The van der Waals surface area contributed by atoms with Gasteiger partial charge in [-0.05, 0) is 165 Å². The number of oxazole rings is 1. The van der Waals surface area contributed by atoms with Gasteiger partial charge >= 0.3 is 17.1 Å². The Balaban J connectivity index is 0.000000130. The van der Waals surface area contributed by atoms with E-state index in [0.717, 1.165) is 127 Å². The zero-order valence-corrected chi connectivity index (χ0v) is 81.4. The number of nitrogens with one attached hydrogen (secondary N) is 2. The normalized spacial score (nSPS) is 19.0. The molecule has 141 heavy (non-hydrogen) atoms. The fourth-order valence-corrected chi connectivity index (χ4v) is 20.7. The van der Waals surface area contributed by atoms with Crippen molar-refractivity contribution in [1.29, 1.82) is 0 Å². The minimum absolute atomic E-state index is 0.0606. The molecule has 3 amide bonds. The predicted octanol–water partition coefficient (Wildman–Crippen LogP) is 14.2. The molecule has 4 aliphatic carbocycles. The van der Waals surface area contributed by atoms with Crippen molar-refractivity contribution in [2.45, 2.75) is 154 Å². The van der Waals surface area contributed by atoms with E-state index < -0.39 is 34.5 Å². The van der Waals surface area contributed by atoms with Crippen molar-refractivity contribution < 1.29 is 32.0 Å². The Morgan fingerprint density at radius 2 is 0.851 bits per heavy atom. The van der Waals surface area contributed by atoms with Crippen LogP contribution in [0.15, 0.2) is 148 Å². The minimum Gasteiger partial charge on any atom is -0.425 e. The predicted molar refractivity (Wildman–Crippen MR) is 540 cm³/mol. The molecule has 0 unspecified atom stereocenters. The van der Waals surface area contributed by atoms with Crippen molar-refractivity contribution in [3.8, 4) is 50.8 Å². The molecule has 4 atom stereocenters. The summed E-state index contributed by atoms with van der Waals surface area (Å²) in [5.74, 6) is 1.20. The molecular formula is C102H106Cl3F3N26O7. The summed E-state index contributed by atoms with van der Waals surface area (Å²) in [6.07, 6.45) is 12.9. The Morgan fingerprint density at radius 3 is 1.25 bits per heavy atom. The first-order valence-electron chi connectivity index (χ1n) is 48.1. The highest BCUT2D eigenvalue weighted by atomic mass is 35.5. The molecule has 5 saturated heterocycles. The number of hydrogen-bond donors (Lipinski definition) is 3. The lowest BCUT2D eigenvalue weighted by atomic mass is 10.0. The van der Waals surface area contributed by atoms with E-state index in [4.69, 9.17) is 94.8 Å². The summed E-state index contributed by atoms with van der Waals surface area (Å²) in [6.45, 7) is 34.5. The number of amides is 3. The van der Waals surface area contributed by atoms with Gasteiger partial charge in [-0.1, -0.05) is 98.7 Å². The Kier molecular flexibility index (Phi) is 26.1. The molecule has 5 aliphatic heterocycles. The first kappa shape index (κ1) is 94.9. The van der Waals surface area contributed by atoms with Crippen LogP contribution in [-0.2, 0) is 14.4 Å². The number of nitrogens with zero attached hydrogens (tertiary/aromatic N) is 23. The Morgan fingerprint density at radius 1 is 0.461 bits per heavy atom. The van der Waals surface area contributed by atoms with Gasteiger partial charge in [0.2, 0.25) is 35.3 Å². The molecule has 39 heteroatoms. The second-order valence-electron chi connectivity index (χ2n) is 38.0. The smallest absolute Gasteiger partial charge is 0.355 e. The summed E-state index contributed by atoms with van der Waals surface area (Å²) in [6, 6.07) is 21.4. The summed E-state index contributed by atoms with van der Waals surface area (Å²) >= 11 is 20.7. The largest absolute Gasteiger partial charge is 0.425 e. The second-order valence-corrected chi connectivity index (χ2v) is 39.2. The second kappa shape index (κ2) is 38.7. The molecule has 22 rings (SSSR count). The molecule has 15 heterocycles. The Bertz CT molecular complexity index is 7370. The Hall–Kier alpha value is -13.7. The lowest BCUT2D eigenvalue weighted by Gasteiger charge is -2.44. The molecule has 13 aromatic rings. The quantitative estimate of drug-likeness (QED) is 0.0500. The number of fused-ring (bicyclic) bond motifs is 4. The zero-order chi connectivity index (χ0) is 98.5. The van der Waals surface area contributed by atoms with Crippen molar-refractivity contribution in [2.24, 2.45) is 0 Å². The van der Waals surface area contributed by atoms with Crippen LogP contribution in [0.1, 0.15) is 157 Å². The van der Waals surface area contributed by atoms with Crippen LogP contribution in [-0.4, -0.2) is 235 Å². The minimum atomic E-state index is -0.594. The molecule has 728 valence electrons. The number of aryl methyl sites for hydroxylation is 1. The first-order valence-corrected chi connectivity index (χ1v) is 49.2. The number of anilines is 6. The lowest BCUT2D eigenvalue weighted by molar-refractivity contribution is -0.129. The van der Waals surface area contributed by atoms with Gasteiger partial charge in [0.05, 0.1) is 99.4 Å². The van der Waals surface area contributed by atoms with Crippen LogP contribution in [0.5, 0.6) is 0 Å². The number of nitrogens with two attached hydrogens (primary N) is 1. The average Bonchev–Trinajstić information content (AvgIpc) is 1.38. The van der Waals surface area contributed by atoms with Gasteiger partial charge in [-0.25, -0.2) is 86.1 Å². The SMILES string of the molecule is C=CC(=O)N1CCN(c2nc(=O)n(-c3c(C(C)C)nc4ocnc4c3C)c3nc(-c4ccccc4F)c(Cl)cc23)[C@@H](C)C1.C=CC(=O)N1CCN(c2nc(=O)n(-c3c(C4CC4)nc(N4CCNCC4)nc3C3CC3)c3nc(-c4ccccc4F)c(Cl)cc23)[C@@H](C)C1.C=CC(=O)N1C[C@H](C)N(c2nc(=O)n(-c3c(C4CC4)nc(N4CCNCC4)nc3C3CC3)c3nc(-c4c(N)cccc4F)c(Cl)cc23)C[C@H]1C. The molecule has 4 saturated carbocycles. The van der Waals surface area contributed by atoms with Crippen molar-refractivity contribution in [1.82, 2.24) is 98.8 Å². The third-order valence-electron chi connectivity index (χ3n) is 27.9. The van der Waals surface area contributed by atoms with Gasteiger partial charge in [0.25, 0.3) is 0 Å². The van der Waals surface area contributed by atoms with Crippen molar-refractivity contribution in [2.75, 3.05) is 135 Å². The van der Waals surface area contributed by atoms with Crippen LogP contribution in [0.2, 0.25) is 15.1 Å². The molecule has 3 aromatic carbocycles. The van der Waals surface area contributed by atoms with E-state index >= 15 is 13.2 Å². The zero-order valence-electron chi connectivity index (χ0n) is 79.2. The van der Waals surface area contributed by atoms with Crippen molar-refractivity contribution in [3.63, 3.8) is 0 Å². The number of rotatable bonds is 19. The van der Waals surface area contributed by atoms with Gasteiger partial charge in [-0.3, -0.25) is 14.4 Å². The maximum atomic E-state index is 15.5. The van der Waals surface area contributed by atoms with Crippen molar-refractivity contribution in [3.05, 3.63) is 227 Å². The maximum absolute atomic E-state index is 15.5. The van der Waals surface area contributed by atoms with Gasteiger partial charge in [0.15, 0.2) is 23.3 Å². The number of piperazine rings is 5. The average molecular weight is 1970 g/mol. The number of benzene rings is 3. The van der Waals surface area contributed by atoms with E-state index in [0.29, 0.717) is 143 Å². The van der Waals surface area contributed by atoms with Crippen molar-refractivity contribution >= 4 is 132 Å². The number of carbonyl (C=O) groups is 3.